The minimum atomic E-state index is -1.11. The van der Waals surface area contributed by atoms with Gasteiger partial charge >= 0.3 is 5.97 Å². The lowest BCUT2D eigenvalue weighted by molar-refractivity contribution is -0.143. The number of nitrogens with zero attached hydrogens (tertiary/aromatic N) is 2. The third kappa shape index (κ3) is 13.0. The maximum absolute atomic E-state index is 14.4. The van der Waals surface area contributed by atoms with Crippen LogP contribution in [0, 0.1) is 17.8 Å². The van der Waals surface area contributed by atoms with Crippen LogP contribution in [-0.4, -0.2) is 113 Å². The maximum atomic E-state index is 14.4. The van der Waals surface area contributed by atoms with Gasteiger partial charge in [0.15, 0.2) is 0 Å². The number of carbonyl (C=O) groups excluding carboxylic acids is 5. The van der Waals surface area contributed by atoms with Crippen molar-refractivity contribution in [2.75, 3.05) is 19.6 Å². The second-order valence-electron chi connectivity index (χ2n) is 15.7. The van der Waals surface area contributed by atoms with Gasteiger partial charge in [-0.1, -0.05) is 76.6 Å². The lowest BCUT2D eigenvalue weighted by Gasteiger charge is -2.32. The number of carboxylic acid groups (broad SMARTS) is 1. The SMILES string of the molecule is CCC(C)C(NC(=O)C(Cc1ccc(O)cc1)NC(=O)C(CN)C(C)C)C(=O)NC(CC1CN=CN1)C(=O)N1CCCC1C(=O)NC(CC(=O)O)Cc1ccccc1. The smallest absolute Gasteiger partial charge is 0.305 e. The van der Waals surface area contributed by atoms with Gasteiger partial charge < -0.3 is 47.4 Å². The summed E-state index contributed by atoms with van der Waals surface area (Å²) in [5.41, 5.74) is 7.43. The summed E-state index contributed by atoms with van der Waals surface area (Å²) >= 11 is 0. The number of aromatic hydroxyl groups is 1. The van der Waals surface area contributed by atoms with Crippen molar-refractivity contribution in [1.82, 2.24) is 31.5 Å². The van der Waals surface area contributed by atoms with E-state index in [1.165, 1.54) is 23.4 Å². The Balaban J connectivity index is 1.55. The fourth-order valence-electron chi connectivity index (χ4n) is 7.38. The highest BCUT2D eigenvalue weighted by atomic mass is 16.4. The molecule has 8 atom stereocenters. The summed E-state index contributed by atoms with van der Waals surface area (Å²) in [5, 5.41) is 34.0. The van der Waals surface area contributed by atoms with Crippen molar-refractivity contribution in [2.24, 2.45) is 28.5 Å². The molecular weight excluding hydrogens is 745 g/mol. The van der Waals surface area contributed by atoms with Crippen LogP contribution in [0.2, 0.25) is 0 Å². The Morgan fingerprint density at radius 1 is 0.879 bits per heavy atom. The zero-order chi connectivity index (χ0) is 42.4. The molecule has 58 heavy (non-hydrogen) atoms. The van der Waals surface area contributed by atoms with Crippen LogP contribution >= 0.6 is 0 Å². The molecule has 4 rings (SSSR count). The van der Waals surface area contributed by atoms with E-state index in [-0.39, 0.29) is 50.1 Å². The lowest BCUT2D eigenvalue weighted by atomic mass is 9.93. The topological polar surface area (TPSA) is 245 Å². The highest BCUT2D eigenvalue weighted by Crippen LogP contribution is 2.22. The molecule has 2 aromatic carbocycles. The number of carboxylic acids is 1. The summed E-state index contributed by atoms with van der Waals surface area (Å²) in [4.78, 5) is 87.3. The molecule has 16 heteroatoms. The van der Waals surface area contributed by atoms with Gasteiger partial charge in [0, 0.05) is 31.6 Å². The molecule has 8 unspecified atom stereocenters. The minimum Gasteiger partial charge on any atom is -0.508 e. The third-order valence-corrected chi connectivity index (χ3v) is 11.0. The van der Waals surface area contributed by atoms with Crippen molar-refractivity contribution in [3.8, 4) is 5.75 Å². The monoisotopic (exact) mass is 804 g/mol. The number of nitrogens with two attached hydrogens (primary N) is 1. The minimum absolute atomic E-state index is 0.0417. The van der Waals surface area contributed by atoms with E-state index in [1.54, 1.807) is 19.1 Å². The number of nitrogens with one attached hydrogen (secondary N) is 5. The van der Waals surface area contributed by atoms with Gasteiger partial charge in [-0.2, -0.15) is 0 Å². The predicted octanol–water partition coefficient (Wildman–Crippen LogP) is 1.25. The fraction of sp³-hybridized carbons (Fsp3) is 0.548. The van der Waals surface area contributed by atoms with Crippen molar-refractivity contribution in [3.63, 3.8) is 0 Å². The number of benzene rings is 2. The number of phenols is 1. The van der Waals surface area contributed by atoms with E-state index in [4.69, 9.17) is 5.73 Å². The first-order valence-electron chi connectivity index (χ1n) is 20.2. The molecule has 16 nitrogen and oxygen atoms in total. The number of hydrogen-bond acceptors (Lipinski definition) is 10. The number of aliphatic carboxylic acids is 1. The molecular formula is C42H60N8O8. The quantitative estimate of drug-likeness (QED) is 0.0898. The predicted molar refractivity (Wildman–Crippen MR) is 218 cm³/mol. The zero-order valence-corrected chi connectivity index (χ0v) is 33.9. The maximum Gasteiger partial charge on any atom is 0.305 e. The molecule has 2 aromatic rings. The second-order valence-corrected chi connectivity index (χ2v) is 15.7. The zero-order valence-electron chi connectivity index (χ0n) is 33.9. The van der Waals surface area contributed by atoms with Crippen LogP contribution < -0.4 is 32.3 Å². The molecule has 0 saturated carbocycles. The number of rotatable bonds is 21. The standard InChI is InChI=1S/C42H60N8O8/c1-5-26(4)37(49-39(55)33(19-28-13-15-31(51)16-14-28)47-38(54)32(22-43)25(2)3)41(57)48-34(20-30-23-44-24-45-30)42(58)50-17-9-12-35(50)40(56)46-29(21-36(52)53)18-27-10-7-6-8-11-27/h6-8,10-11,13-16,24-26,29-30,32-35,37,51H,5,9,12,17-23,43H2,1-4H3,(H,44,45)(H,46,56)(H,47,54)(H,48,57)(H,49,55)(H,52,53). The largest absolute Gasteiger partial charge is 0.508 e. The number of likely N-dealkylation sites (tertiary alicyclic amines) is 1. The van der Waals surface area contributed by atoms with Crippen molar-refractivity contribution in [2.45, 2.75) is 109 Å². The summed E-state index contributed by atoms with van der Waals surface area (Å²) in [6, 6.07) is 10.3. The Bertz CT molecular complexity index is 1730. The molecule has 0 aromatic heterocycles. The van der Waals surface area contributed by atoms with Gasteiger partial charge in [-0.05, 0) is 60.8 Å². The van der Waals surface area contributed by atoms with Crippen molar-refractivity contribution >= 4 is 41.8 Å². The summed E-state index contributed by atoms with van der Waals surface area (Å²) in [5.74, 6) is -4.67. The Morgan fingerprint density at radius 3 is 2.16 bits per heavy atom. The molecule has 316 valence electrons. The Labute approximate surface area is 340 Å². The van der Waals surface area contributed by atoms with Crippen molar-refractivity contribution in [1.29, 1.82) is 0 Å². The second kappa shape index (κ2) is 21.9. The molecule has 2 heterocycles. The lowest BCUT2D eigenvalue weighted by Crippen LogP contribution is -2.61. The van der Waals surface area contributed by atoms with E-state index in [1.807, 2.05) is 51.1 Å². The molecule has 0 spiro atoms. The van der Waals surface area contributed by atoms with E-state index in [0.717, 1.165) is 5.56 Å². The van der Waals surface area contributed by atoms with Crippen LogP contribution in [0.3, 0.4) is 0 Å². The van der Waals surface area contributed by atoms with Crippen molar-refractivity contribution in [3.05, 3.63) is 65.7 Å². The van der Waals surface area contributed by atoms with E-state index < -0.39 is 77.6 Å². The van der Waals surface area contributed by atoms with Gasteiger partial charge in [-0.25, -0.2) is 0 Å². The van der Waals surface area contributed by atoms with Crippen LogP contribution in [0.1, 0.15) is 70.9 Å². The molecule has 2 aliphatic heterocycles. The summed E-state index contributed by atoms with van der Waals surface area (Å²) < 4.78 is 0. The highest BCUT2D eigenvalue weighted by Gasteiger charge is 2.41. The number of carbonyl (C=O) groups is 6. The number of hydrogen-bond donors (Lipinski definition) is 8. The van der Waals surface area contributed by atoms with Crippen LogP contribution in [0.4, 0.5) is 0 Å². The molecule has 0 radical (unpaired) electrons. The van der Waals surface area contributed by atoms with Crippen LogP contribution in [-0.2, 0) is 41.6 Å². The first kappa shape index (κ1) is 45.2. The molecule has 1 fully saturated rings. The summed E-state index contributed by atoms with van der Waals surface area (Å²) in [7, 11) is 0. The van der Waals surface area contributed by atoms with Gasteiger partial charge in [-0.15, -0.1) is 0 Å². The van der Waals surface area contributed by atoms with Gasteiger partial charge in [0.05, 0.1) is 25.2 Å². The number of phenolic OH excluding ortho intramolecular Hbond substituents is 1. The van der Waals surface area contributed by atoms with E-state index in [2.05, 4.69) is 31.6 Å². The van der Waals surface area contributed by atoms with Gasteiger partial charge in [0.2, 0.25) is 29.5 Å². The van der Waals surface area contributed by atoms with E-state index in [0.29, 0.717) is 37.8 Å². The first-order valence-corrected chi connectivity index (χ1v) is 20.2. The highest BCUT2D eigenvalue weighted by molar-refractivity contribution is 5.96. The van der Waals surface area contributed by atoms with Crippen LogP contribution in [0.25, 0.3) is 0 Å². The first-order chi connectivity index (χ1) is 27.7. The normalized spacial score (nSPS) is 19.2. The molecule has 1 saturated heterocycles. The number of amides is 5. The van der Waals surface area contributed by atoms with Crippen LogP contribution in [0.15, 0.2) is 59.6 Å². The van der Waals surface area contributed by atoms with Crippen LogP contribution in [0.5, 0.6) is 5.75 Å². The van der Waals surface area contributed by atoms with Gasteiger partial charge in [0.1, 0.15) is 29.9 Å². The summed E-state index contributed by atoms with van der Waals surface area (Å²) in [6.07, 6.45) is 3.10. The Hall–Kier alpha value is -5.51. The van der Waals surface area contributed by atoms with Gasteiger partial charge in [0.25, 0.3) is 0 Å². The molecule has 9 N–H and O–H groups in total. The average molecular weight is 805 g/mol. The van der Waals surface area contributed by atoms with Crippen molar-refractivity contribution < 1.29 is 39.0 Å². The number of aliphatic imine (C=N–C) groups is 1. The van der Waals surface area contributed by atoms with Gasteiger partial charge in [-0.3, -0.25) is 33.8 Å². The molecule has 0 aliphatic carbocycles. The average Bonchev–Trinajstić information content (AvgIpc) is 3.90. The summed E-state index contributed by atoms with van der Waals surface area (Å²) in [6.45, 7) is 8.08. The Kier molecular flexibility index (Phi) is 17.0. The van der Waals surface area contributed by atoms with E-state index in [9.17, 15) is 39.0 Å². The molecule has 2 aliphatic rings. The third-order valence-electron chi connectivity index (χ3n) is 11.0. The molecule has 5 amide bonds. The molecule has 0 bridgehead atoms. The Morgan fingerprint density at radius 2 is 1.55 bits per heavy atom. The van der Waals surface area contributed by atoms with E-state index >= 15 is 0 Å². The fourth-order valence-corrected chi connectivity index (χ4v) is 7.38.